The predicted octanol–water partition coefficient (Wildman–Crippen LogP) is 2.34. The van der Waals surface area contributed by atoms with E-state index < -0.39 is 0 Å². The first kappa shape index (κ1) is 13.2. The Hall–Kier alpha value is -1.27. The lowest BCUT2D eigenvalue weighted by atomic mass is 10.2. The summed E-state index contributed by atoms with van der Waals surface area (Å²) < 4.78 is 1.89. The van der Waals surface area contributed by atoms with Gasteiger partial charge in [-0.1, -0.05) is 13.0 Å². The highest BCUT2D eigenvalue weighted by Gasteiger charge is 2.15. The largest absolute Gasteiger partial charge is 0.291 e. The van der Waals surface area contributed by atoms with Crippen LogP contribution in [0.4, 0.5) is 0 Å². The van der Waals surface area contributed by atoms with Gasteiger partial charge in [-0.3, -0.25) is 4.90 Å². The van der Waals surface area contributed by atoms with Crippen molar-refractivity contribution in [2.24, 2.45) is 0 Å². The van der Waals surface area contributed by atoms with Gasteiger partial charge in [0, 0.05) is 17.5 Å². The van der Waals surface area contributed by atoms with Crippen molar-refractivity contribution in [1.29, 1.82) is 0 Å². The Balaban J connectivity index is 2.02. The fourth-order valence-corrected chi connectivity index (χ4v) is 2.68. The molecule has 1 unspecified atom stereocenters. The van der Waals surface area contributed by atoms with Crippen LogP contribution in [0, 0.1) is 0 Å². The molecule has 0 N–H and O–H groups in total. The van der Waals surface area contributed by atoms with E-state index in [2.05, 4.69) is 58.8 Å². The van der Waals surface area contributed by atoms with Crippen molar-refractivity contribution < 1.29 is 0 Å². The van der Waals surface area contributed by atoms with Crippen LogP contribution in [0.5, 0.6) is 0 Å². The molecule has 0 radical (unpaired) electrons. The van der Waals surface area contributed by atoms with Crippen LogP contribution in [0.2, 0.25) is 0 Å². The molecule has 0 aromatic carbocycles. The van der Waals surface area contributed by atoms with Crippen molar-refractivity contribution in [1.82, 2.24) is 25.1 Å². The molecule has 2 rings (SSSR count). The second kappa shape index (κ2) is 6.06. The number of hydrogen-bond acceptors (Lipinski definition) is 5. The van der Waals surface area contributed by atoms with Gasteiger partial charge >= 0.3 is 0 Å². The molecule has 2 heterocycles. The number of rotatable bonds is 6. The van der Waals surface area contributed by atoms with Crippen LogP contribution in [0.1, 0.15) is 37.0 Å². The van der Waals surface area contributed by atoms with E-state index in [4.69, 9.17) is 0 Å². The molecule has 0 aliphatic heterocycles. The maximum absolute atomic E-state index is 4.10. The van der Waals surface area contributed by atoms with E-state index in [1.54, 1.807) is 11.3 Å². The summed E-state index contributed by atoms with van der Waals surface area (Å²) in [6, 6.07) is 4.64. The van der Waals surface area contributed by atoms with Crippen molar-refractivity contribution >= 4 is 11.3 Å². The predicted molar refractivity (Wildman–Crippen MR) is 72.3 cm³/mol. The Labute approximate surface area is 111 Å². The summed E-state index contributed by atoms with van der Waals surface area (Å²) in [6.07, 6.45) is 1.04. The maximum atomic E-state index is 4.10. The molecule has 0 saturated carbocycles. The third-order valence-corrected chi connectivity index (χ3v) is 4.09. The average molecular weight is 265 g/mol. The molecule has 0 bridgehead atoms. The number of nitrogens with zero attached hydrogens (tertiary/aromatic N) is 5. The molecule has 6 heteroatoms. The first-order valence-electron chi connectivity index (χ1n) is 6.21. The summed E-state index contributed by atoms with van der Waals surface area (Å²) in [5.41, 5.74) is 0. The van der Waals surface area contributed by atoms with Crippen LogP contribution in [0.15, 0.2) is 17.5 Å². The highest BCUT2D eigenvalue weighted by Crippen LogP contribution is 2.24. The van der Waals surface area contributed by atoms with Crippen LogP contribution in [0.3, 0.4) is 0 Å². The van der Waals surface area contributed by atoms with Crippen LogP contribution in [-0.4, -0.2) is 32.2 Å². The summed E-state index contributed by atoms with van der Waals surface area (Å²) in [6.45, 7) is 5.98. The number of aryl methyl sites for hydroxylation is 1. The third kappa shape index (κ3) is 2.94. The van der Waals surface area contributed by atoms with Crippen molar-refractivity contribution in [2.75, 3.05) is 7.05 Å². The van der Waals surface area contributed by atoms with Gasteiger partial charge in [0.25, 0.3) is 0 Å². The molecule has 2 aromatic heterocycles. The SMILES string of the molecule is CCCn1nnnc1CN(C)C(C)c1cccs1. The molecule has 2 aromatic rings. The van der Waals surface area contributed by atoms with Gasteiger partial charge in [-0.05, 0) is 42.3 Å². The third-order valence-electron chi connectivity index (χ3n) is 3.05. The number of aromatic nitrogens is 4. The van der Waals surface area contributed by atoms with E-state index >= 15 is 0 Å². The molecule has 0 fully saturated rings. The van der Waals surface area contributed by atoms with Gasteiger partial charge in [0.15, 0.2) is 5.82 Å². The Morgan fingerprint density at radius 2 is 2.33 bits per heavy atom. The van der Waals surface area contributed by atoms with Gasteiger partial charge in [0.1, 0.15) is 0 Å². The zero-order chi connectivity index (χ0) is 13.0. The van der Waals surface area contributed by atoms with Crippen molar-refractivity contribution in [3.8, 4) is 0 Å². The Bertz CT molecular complexity index is 465. The van der Waals surface area contributed by atoms with E-state index in [-0.39, 0.29) is 0 Å². The van der Waals surface area contributed by atoms with Crippen LogP contribution < -0.4 is 0 Å². The second-order valence-electron chi connectivity index (χ2n) is 4.42. The summed E-state index contributed by atoms with van der Waals surface area (Å²) in [5, 5.41) is 14.0. The molecule has 98 valence electrons. The second-order valence-corrected chi connectivity index (χ2v) is 5.40. The zero-order valence-electron chi connectivity index (χ0n) is 11.1. The maximum Gasteiger partial charge on any atom is 0.165 e. The highest BCUT2D eigenvalue weighted by molar-refractivity contribution is 7.10. The minimum Gasteiger partial charge on any atom is -0.291 e. The van der Waals surface area contributed by atoms with Gasteiger partial charge in [0.05, 0.1) is 6.54 Å². The van der Waals surface area contributed by atoms with E-state index in [9.17, 15) is 0 Å². The lowest BCUT2D eigenvalue weighted by Crippen LogP contribution is -2.23. The quantitative estimate of drug-likeness (QED) is 0.804. The molecular weight excluding hydrogens is 246 g/mol. The lowest BCUT2D eigenvalue weighted by molar-refractivity contribution is 0.244. The van der Waals surface area contributed by atoms with Gasteiger partial charge in [-0.15, -0.1) is 16.4 Å². The Kier molecular flexibility index (Phi) is 4.43. The lowest BCUT2D eigenvalue weighted by Gasteiger charge is -2.22. The zero-order valence-corrected chi connectivity index (χ0v) is 11.9. The summed E-state index contributed by atoms with van der Waals surface area (Å²) in [4.78, 5) is 3.64. The normalized spacial score (nSPS) is 13.1. The molecule has 18 heavy (non-hydrogen) atoms. The van der Waals surface area contributed by atoms with Crippen molar-refractivity contribution in [3.63, 3.8) is 0 Å². The summed E-state index contributed by atoms with van der Waals surface area (Å²) in [5.74, 6) is 0.933. The van der Waals surface area contributed by atoms with Crippen molar-refractivity contribution in [2.45, 2.75) is 39.4 Å². The molecule has 0 aliphatic rings. The Morgan fingerprint density at radius 3 is 3.00 bits per heavy atom. The number of hydrogen-bond donors (Lipinski definition) is 0. The van der Waals surface area contributed by atoms with Gasteiger partial charge in [-0.25, -0.2) is 4.68 Å². The molecular formula is C12H19N5S. The minimum absolute atomic E-state index is 0.386. The van der Waals surface area contributed by atoms with Gasteiger partial charge in [-0.2, -0.15) is 0 Å². The molecule has 5 nitrogen and oxygen atoms in total. The topological polar surface area (TPSA) is 46.8 Å². The van der Waals surface area contributed by atoms with Crippen molar-refractivity contribution in [3.05, 3.63) is 28.2 Å². The number of thiophene rings is 1. The van der Waals surface area contributed by atoms with E-state index in [1.807, 2.05) is 4.68 Å². The standard InChI is InChI=1S/C12H19N5S/c1-4-7-17-12(13-14-15-17)9-16(3)10(2)11-6-5-8-18-11/h5-6,8,10H,4,7,9H2,1-3H3. The molecule has 1 atom stereocenters. The van der Waals surface area contributed by atoms with Crippen LogP contribution in [0.25, 0.3) is 0 Å². The summed E-state index contributed by atoms with van der Waals surface area (Å²) >= 11 is 1.79. The Morgan fingerprint density at radius 1 is 1.50 bits per heavy atom. The fraction of sp³-hybridized carbons (Fsp3) is 0.583. The monoisotopic (exact) mass is 265 g/mol. The van der Waals surface area contributed by atoms with E-state index in [1.165, 1.54) is 4.88 Å². The number of tetrazole rings is 1. The molecule has 0 spiro atoms. The van der Waals surface area contributed by atoms with E-state index in [0.29, 0.717) is 6.04 Å². The molecule has 0 saturated heterocycles. The highest BCUT2D eigenvalue weighted by atomic mass is 32.1. The minimum atomic E-state index is 0.386. The summed E-state index contributed by atoms with van der Waals surface area (Å²) in [7, 11) is 2.11. The van der Waals surface area contributed by atoms with E-state index in [0.717, 1.165) is 25.3 Å². The average Bonchev–Trinajstić information content (AvgIpc) is 3.00. The molecule has 0 aliphatic carbocycles. The van der Waals surface area contributed by atoms with Gasteiger partial charge in [0.2, 0.25) is 0 Å². The van der Waals surface area contributed by atoms with Crippen LogP contribution >= 0.6 is 11.3 Å². The first-order chi connectivity index (χ1) is 8.72. The fourth-order valence-electron chi connectivity index (χ4n) is 1.83. The first-order valence-corrected chi connectivity index (χ1v) is 7.09. The molecule has 0 amide bonds. The smallest absolute Gasteiger partial charge is 0.165 e. The van der Waals surface area contributed by atoms with Crippen LogP contribution in [-0.2, 0) is 13.1 Å². The van der Waals surface area contributed by atoms with Gasteiger partial charge < -0.3 is 0 Å².